The summed E-state index contributed by atoms with van der Waals surface area (Å²) < 4.78 is 10.6. The van der Waals surface area contributed by atoms with Gasteiger partial charge >= 0.3 is 11.6 Å². The Morgan fingerprint density at radius 2 is 2.00 bits per heavy atom. The van der Waals surface area contributed by atoms with Gasteiger partial charge in [0, 0.05) is 23.4 Å². The van der Waals surface area contributed by atoms with Crippen LogP contribution in [0.5, 0.6) is 0 Å². The van der Waals surface area contributed by atoms with Crippen LogP contribution in [-0.4, -0.2) is 5.97 Å². The molecule has 0 spiro atoms. The van der Waals surface area contributed by atoms with E-state index in [-0.39, 0.29) is 12.6 Å². The van der Waals surface area contributed by atoms with Crippen LogP contribution in [0.25, 0.3) is 11.0 Å². The molecule has 0 saturated carbocycles. The Bertz CT molecular complexity index is 922. The Hall–Kier alpha value is -2.40. The van der Waals surface area contributed by atoms with Crippen molar-refractivity contribution in [2.75, 3.05) is 0 Å². The van der Waals surface area contributed by atoms with Crippen molar-refractivity contribution in [2.24, 2.45) is 0 Å². The quantitative estimate of drug-likeness (QED) is 0.516. The van der Waals surface area contributed by atoms with Crippen LogP contribution in [0.1, 0.15) is 28.7 Å². The summed E-state index contributed by atoms with van der Waals surface area (Å²) in [6.45, 7) is 4.04. The zero-order valence-electron chi connectivity index (χ0n) is 13.6. The standard InChI is InChI=1S/C19H18O4S/c1-12-7-16-15(9-19(21)23-17(16)8-13(12)2)10-22-18(20)4-3-14-5-6-24-11-14/h5-9,11H,3-4,10H2,1-2H3. The molecule has 1 aromatic carbocycles. The summed E-state index contributed by atoms with van der Waals surface area (Å²) in [4.78, 5) is 23.7. The molecule has 2 heterocycles. The van der Waals surface area contributed by atoms with E-state index >= 15 is 0 Å². The first-order chi connectivity index (χ1) is 11.5. The van der Waals surface area contributed by atoms with Crippen LogP contribution in [0.3, 0.4) is 0 Å². The maximum Gasteiger partial charge on any atom is 0.336 e. The lowest BCUT2D eigenvalue weighted by atomic mass is 10.0. The molecule has 0 fully saturated rings. The van der Waals surface area contributed by atoms with Crippen molar-refractivity contribution in [1.82, 2.24) is 0 Å². The molecule has 124 valence electrons. The second-order valence-corrected chi connectivity index (χ2v) is 6.60. The van der Waals surface area contributed by atoms with Gasteiger partial charge in [-0.05, 0) is 65.9 Å². The Balaban J connectivity index is 1.73. The summed E-state index contributed by atoms with van der Waals surface area (Å²) in [7, 11) is 0. The number of carbonyl (C=O) groups is 1. The molecule has 0 bridgehead atoms. The topological polar surface area (TPSA) is 56.5 Å². The molecule has 0 aliphatic heterocycles. The predicted molar refractivity (Wildman–Crippen MR) is 94.4 cm³/mol. The summed E-state index contributed by atoms with van der Waals surface area (Å²) >= 11 is 1.61. The van der Waals surface area contributed by atoms with E-state index in [1.54, 1.807) is 11.3 Å². The fraction of sp³-hybridized carbons (Fsp3) is 0.263. The van der Waals surface area contributed by atoms with Gasteiger partial charge in [-0.25, -0.2) is 4.79 Å². The first-order valence-corrected chi connectivity index (χ1v) is 8.68. The van der Waals surface area contributed by atoms with Crippen molar-refractivity contribution >= 4 is 28.3 Å². The molecule has 0 aliphatic carbocycles. The molecule has 3 aromatic rings. The number of ether oxygens (including phenoxy) is 1. The van der Waals surface area contributed by atoms with Crippen molar-refractivity contribution in [2.45, 2.75) is 33.3 Å². The highest BCUT2D eigenvalue weighted by Crippen LogP contribution is 2.22. The normalized spacial score (nSPS) is 10.9. The van der Waals surface area contributed by atoms with E-state index < -0.39 is 5.63 Å². The Morgan fingerprint density at radius 1 is 1.21 bits per heavy atom. The number of benzene rings is 1. The van der Waals surface area contributed by atoms with Gasteiger partial charge < -0.3 is 9.15 Å². The SMILES string of the molecule is Cc1cc2oc(=O)cc(COC(=O)CCc3ccsc3)c2cc1C. The van der Waals surface area contributed by atoms with Gasteiger partial charge in [0.1, 0.15) is 12.2 Å². The highest BCUT2D eigenvalue weighted by Gasteiger charge is 2.10. The monoisotopic (exact) mass is 342 g/mol. The fourth-order valence-electron chi connectivity index (χ4n) is 2.51. The smallest absolute Gasteiger partial charge is 0.336 e. The lowest BCUT2D eigenvalue weighted by Crippen LogP contribution is -2.08. The number of carbonyl (C=O) groups excluding carboxylic acids is 1. The molecule has 5 heteroatoms. The van der Waals surface area contributed by atoms with Crippen molar-refractivity contribution < 1.29 is 13.9 Å². The number of thiophene rings is 1. The molecular weight excluding hydrogens is 324 g/mol. The Labute approximate surface area is 143 Å². The van der Waals surface area contributed by atoms with Gasteiger partial charge in [-0.3, -0.25) is 4.79 Å². The first kappa shape index (κ1) is 16.5. The predicted octanol–water partition coefficient (Wildman–Crippen LogP) is 4.15. The van der Waals surface area contributed by atoms with Gasteiger partial charge in [0.2, 0.25) is 0 Å². The van der Waals surface area contributed by atoms with Crippen LogP contribution < -0.4 is 5.63 Å². The lowest BCUT2D eigenvalue weighted by molar-refractivity contribution is -0.144. The van der Waals surface area contributed by atoms with E-state index in [9.17, 15) is 9.59 Å². The minimum Gasteiger partial charge on any atom is -0.461 e. The van der Waals surface area contributed by atoms with E-state index in [1.165, 1.54) is 6.07 Å². The van der Waals surface area contributed by atoms with Crippen LogP contribution in [0, 0.1) is 13.8 Å². The zero-order valence-corrected chi connectivity index (χ0v) is 14.4. The Kier molecular flexibility index (Phi) is 4.81. The molecule has 0 unspecified atom stereocenters. The van der Waals surface area contributed by atoms with Crippen molar-refractivity contribution in [1.29, 1.82) is 0 Å². The number of hydrogen-bond donors (Lipinski definition) is 0. The summed E-state index contributed by atoms with van der Waals surface area (Å²) in [5, 5.41) is 4.82. The summed E-state index contributed by atoms with van der Waals surface area (Å²) in [5.41, 5.74) is 4.05. The average molecular weight is 342 g/mol. The van der Waals surface area contributed by atoms with Crippen LogP contribution in [0.15, 0.2) is 44.2 Å². The van der Waals surface area contributed by atoms with Gasteiger partial charge in [-0.15, -0.1) is 0 Å². The van der Waals surface area contributed by atoms with Crippen molar-refractivity contribution in [3.05, 3.63) is 67.7 Å². The van der Waals surface area contributed by atoms with E-state index in [1.807, 2.05) is 42.8 Å². The van der Waals surface area contributed by atoms with E-state index in [4.69, 9.17) is 9.15 Å². The van der Waals surface area contributed by atoms with Gasteiger partial charge in [0.25, 0.3) is 0 Å². The van der Waals surface area contributed by atoms with Gasteiger partial charge in [-0.1, -0.05) is 0 Å². The van der Waals surface area contributed by atoms with Crippen molar-refractivity contribution in [3.63, 3.8) is 0 Å². The third-order valence-electron chi connectivity index (χ3n) is 4.03. The molecule has 3 rings (SSSR count). The molecule has 0 atom stereocenters. The molecule has 2 aromatic heterocycles. The molecule has 24 heavy (non-hydrogen) atoms. The van der Waals surface area contributed by atoms with Crippen LogP contribution in [-0.2, 0) is 22.6 Å². The van der Waals surface area contributed by atoms with Crippen LogP contribution >= 0.6 is 11.3 Å². The number of aryl methyl sites for hydroxylation is 3. The third kappa shape index (κ3) is 3.74. The Morgan fingerprint density at radius 3 is 2.75 bits per heavy atom. The van der Waals surface area contributed by atoms with E-state index in [2.05, 4.69) is 0 Å². The molecule has 0 aliphatic rings. The largest absolute Gasteiger partial charge is 0.461 e. The number of rotatable bonds is 5. The van der Waals surface area contributed by atoms with E-state index in [0.717, 1.165) is 22.1 Å². The summed E-state index contributed by atoms with van der Waals surface area (Å²) in [6, 6.07) is 7.19. The van der Waals surface area contributed by atoms with Crippen LogP contribution in [0.2, 0.25) is 0 Å². The summed E-state index contributed by atoms with van der Waals surface area (Å²) in [6.07, 6.45) is 0.993. The summed E-state index contributed by atoms with van der Waals surface area (Å²) in [5.74, 6) is -0.272. The highest BCUT2D eigenvalue weighted by molar-refractivity contribution is 7.07. The molecule has 0 amide bonds. The minimum absolute atomic E-state index is 0.0765. The average Bonchev–Trinajstić information content (AvgIpc) is 3.06. The molecule has 0 N–H and O–H groups in total. The fourth-order valence-corrected chi connectivity index (χ4v) is 3.22. The van der Waals surface area contributed by atoms with Crippen molar-refractivity contribution in [3.8, 4) is 0 Å². The van der Waals surface area contributed by atoms with Crippen LogP contribution in [0.4, 0.5) is 0 Å². The maximum atomic E-state index is 11.9. The molecular formula is C19H18O4S. The molecule has 0 radical (unpaired) electrons. The molecule has 0 saturated heterocycles. The minimum atomic E-state index is -0.435. The number of esters is 1. The van der Waals surface area contributed by atoms with Gasteiger partial charge in [-0.2, -0.15) is 11.3 Å². The number of fused-ring (bicyclic) bond motifs is 1. The number of hydrogen-bond acceptors (Lipinski definition) is 5. The van der Waals surface area contributed by atoms with Gasteiger partial charge in [0.05, 0.1) is 0 Å². The second kappa shape index (κ2) is 7.01. The highest BCUT2D eigenvalue weighted by atomic mass is 32.1. The zero-order chi connectivity index (χ0) is 17.1. The first-order valence-electron chi connectivity index (χ1n) is 7.73. The lowest BCUT2D eigenvalue weighted by Gasteiger charge is -2.09. The molecule has 4 nitrogen and oxygen atoms in total. The van der Waals surface area contributed by atoms with Gasteiger partial charge in [0.15, 0.2) is 0 Å². The maximum absolute atomic E-state index is 11.9. The third-order valence-corrected chi connectivity index (χ3v) is 4.76. The second-order valence-electron chi connectivity index (χ2n) is 5.82. The van der Waals surface area contributed by atoms with E-state index in [0.29, 0.717) is 24.0 Å².